The largest absolute Gasteiger partial charge is 0.495 e. The molecule has 0 saturated heterocycles. The van der Waals surface area contributed by atoms with Crippen LogP contribution in [0.25, 0.3) is 0 Å². The molecule has 0 fully saturated rings. The van der Waals surface area contributed by atoms with Crippen LogP contribution in [0.1, 0.15) is 5.56 Å². The Balaban J connectivity index is 2.13. The van der Waals surface area contributed by atoms with Gasteiger partial charge in [0.1, 0.15) is 12.3 Å². The molecule has 0 aliphatic rings. The number of aromatic nitrogens is 1. The summed E-state index contributed by atoms with van der Waals surface area (Å²) in [6.07, 6.45) is 1.72. The van der Waals surface area contributed by atoms with E-state index in [-0.39, 0.29) is 12.5 Å². The van der Waals surface area contributed by atoms with Crippen molar-refractivity contribution >= 4 is 22.9 Å². The third-order valence-corrected chi connectivity index (χ3v) is 3.34. The number of anilines is 1. The molecule has 1 amide bonds. The topological polar surface area (TPSA) is 67.1 Å². The monoisotopic (exact) mass is 277 g/mol. The van der Waals surface area contributed by atoms with Gasteiger partial charge in [-0.3, -0.25) is 10.2 Å². The number of hydrogen-bond acceptors (Lipinski definition) is 4. The van der Waals surface area contributed by atoms with Crippen LogP contribution < -0.4 is 14.9 Å². The molecule has 5 nitrogen and oxygen atoms in total. The summed E-state index contributed by atoms with van der Waals surface area (Å²) in [6.45, 7) is 2.07. The van der Waals surface area contributed by atoms with Crippen LogP contribution >= 0.6 is 11.3 Å². The van der Waals surface area contributed by atoms with E-state index < -0.39 is 0 Å². The molecule has 100 valence electrons. The van der Waals surface area contributed by atoms with Gasteiger partial charge in [0.15, 0.2) is 4.80 Å². The van der Waals surface area contributed by atoms with E-state index in [9.17, 15) is 4.79 Å². The molecular formula is C13H15N3O2S. The van der Waals surface area contributed by atoms with Gasteiger partial charge in [0.05, 0.1) is 12.8 Å². The van der Waals surface area contributed by atoms with E-state index in [1.165, 1.54) is 11.3 Å². The highest BCUT2D eigenvalue weighted by Crippen LogP contribution is 2.25. The number of rotatable bonds is 4. The summed E-state index contributed by atoms with van der Waals surface area (Å²) >= 11 is 1.29. The molecule has 0 radical (unpaired) electrons. The minimum atomic E-state index is -0.180. The first-order chi connectivity index (χ1) is 9.10. The van der Waals surface area contributed by atoms with Gasteiger partial charge in [-0.1, -0.05) is 6.07 Å². The van der Waals surface area contributed by atoms with E-state index in [0.717, 1.165) is 5.56 Å². The molecule has 2 aromatic rings. The Morgan fingerprint density at radius 2 is 2.32 bits per heavy atom. The zero-order chi connectivity index (χ0) is 13.8. The van der Waals surface area contributed by atoms with Crippen LogP contribution in [-0.2, 0) is 11.3 Å². The van der Waals surface area contributed by atoms with E-state index in [4.69, 9.17) is 10.1 Å². The van der Waals surface area contributed by atoms with Crippen LogP contribution in [-0.4, -0.2) is 17.6 Å². The van der Waals surface area contributed by atoms with Gasteiger partial charge in [0.2, 0.25) is 5.91 Å². The average molecular weight is 277 g/mol. The molecule has 2 N–H and O–H groups in total. The first-order valence-corrected chi connectivity index (χ1v) is 6.61. The standard InChI is InChI=1S/C13H15N3O2S/c1-9-3-4-11(18-2)10(7-9)15-12(17)8-16-5-6-19-13(16)14/h3-7,14H,8H2,1-2H3,(H,15,17). The van der Waals surface area contributed by atoms with Crippen LogP contribution in [0.4, 0.5) is 5.69 Å². The smallest absolute Gasteiger partial charge is 0.244 e. The van der Waals surface area contributed by atoms with E-state index in [0.29, 0.717) is 16.2 Å². The highest BCUT2D eigenvalue weighted by atomic mass is 32.1. The molecule has 2 rings (SSSR count). The molecule has 6 heteroatoms. The van der Waals surface area contributed by atoms with Gasteiger partial charge in [-0.05, 0) is 24.6 Å². The lowest BCUT2D eigenvalue weighted by Crippen LogP contribution is -2.24. The van der Waals surface area contributed by atoms with Crippen LogP contribution in [0, 0.1) is 12.3 Å². The second-order valence-corrected chi connectivity index (χ2v) is 4.98. The third kappa shape index (κ3) is 3.23. The number of carbonyl (C=O) groups excluding carboxylic acids is 1. The molecule has 0 unspecified atom stereocenters. The van der Waals surface area contributed by atoms with E-state index in [1.54, 1.807) is 23.3 Å². The molecule has 1 heterocycles. The van der Waals surface area contributed by atoms with Crippen molar-refractivity contribution in [3.8, 4) is 5.75 Å². The predicted octanol–water partition coefficient (Wildman–Crippen LogP) is 1.98. The van der Waals surface area contributed by atoms with Crippen molar-refractivity contribution in [2.75, 3.05) is 12.4 Å². The summed E-state index contributed by atoms with van der Waals surface area (Å²) in [5.41, 5.74) is 1.69. The number of aryl methyl sites for hydroxylation is 1. The summed E-state index contributed by atoms with van der Waals surface area (Å²) < 4.78 is 6.79. The van der Waals surface area contributed by atoms with E-state index in [1.807, 2.05) is 25.1 Å². The number of ether oxygens (including phenoxy) is 1. The number of methoxy groups -OCH3 is 1. The number of thiazole rings is 1. The fourth-order valence-corrected chi connectivity index (χ4v) is 2.29. The van der Waals surface area contributed by atoms with Crippen molar-refractivity contribution in [2.24, 2.45) is 0 Å². The number of hydrogen-bond donors (Lipinski definition) is 2. The fourth-order valence-electron chi connectivity index (χ4n) is 1.69. The molecule has 0 atom stereocenters. The minimum Gasteiger partial charge on any atom is -0.495 e. The maximum atomic E-state index is 11.9. The summed E-state index contributed by atoms with van der Waals surface area (Å²) in [5, 5.41) is 12.2. The van der Waals surface area contributed by atoms with Gasteiger partial charge >= 0.3 is 0 Å². The van der Waals surface area contributed by atoms with Crippen molar-refractivity contribution < 1.29 is 9.53 Å². The second kappa shape index (κ2) is 5.71. The zero-order valence-electron chi connectivity index (χ0n) is 10.8. The summed E-state index contributed by atoms with van der Waals surface area (Å²) in [5.74, 6) is 0.446. The molecular weight excluding hydrogens is 262 g/mol. The lowest BCUT2D eigenvalue weighted by atomic mass is 10.2. The molecule has 1 aromatic carbocycles. The summed E-state index contributed by atoms with van der Waals surface area (Å²) in [6, 6.07) is 5.60. The van der Waals surface area contributed by atoms with Crippen LogP contribution in [0.2, 0.25) is 0 Å². The number of benzene rings is 1. The number of amides is 1. The van der Waals surface area contributed by atoms with Gasteiger partial charge in [-0.15, -0.1) is 11.3 Å². The van der Waals surface area contributed by atoms with Crippen molar-refractivity contribution in [1.82, 2.24) is 4.57 Å². The number of nitrogens with one attached hydrogen (secondary N) is 2. The fraction of sp³-hybridized carbons (Fsp3) is 0.231. The number of carbonyl (C=O) groups is 1. The first kappa shape index (κ1) is 13.4. The van der Waals surface area contributed by atoms with Crippen molar-refractivity contribution in [2.45, 2.75) is 13.5 Å². The quantitative estimate of drug-likeness (QED) is 0.897. The third-order valence-electron chi connectivity index (χ3n) is 2.62. The molecule has 0 saturated carbocycles. The average Bonchev–Trinajstić information content (AvgIpc) is 2.75. The van der Waals surface area contributed by atoms with Crippen LogP contribution in [0.3, 0.4) is 0 Å². The molecule has 0 spiro atoms. The molecule has 1 aromatic heterocycles. The maximum absolute atomic E-state index is 11.9. The second-order valence-electron chi connectivity index (χ2n) is 4.09. The zero-order valence-corrected chi connectivity index (χ0v) is 11.6. The van der Waals surface area contributed by atoms with Crippen LogP contribution in [0.15, 0.2) is 29.8 Å². The predicted molar refractivity (Wildman–Crippen MR) is 74.5 cm³/mol. The van der Waals surface area contributed by atoms with Gasteiger partial charge in [0.25, 0.3) is 0 Å². The normalized spacial score (nSPS) is 10.2. The highest BCUT2D eigenvalue weighted by Gasteiger charge is 2.08. The molecule has 0 bridgehead atoms. The Labute approximate surface area is 115 Å². The van der Waals surface area contributed by atoms with E-state index >= 15 is 0 Å². The van der Waals surface area contributed by atoms with Crippen LogP contribution in [0.5, 0.6) is 5.75 Å². The molecule has 19 heavy (non-hydrogen) atoms. The van der Waals surface area contributed by atoms with Gasteiger partial charge in [0, 0.05) is 11.6 Å². The highest BCUT2D eigenvalue weighted by molar-refractivity contribution is 7.06. The molecule has 0 aliphatic carbocycles. The van der Waals surface area contributed by atoms with Crippen molar-refractivity contribution in [1.29, 1.82) is 5.41 Å². The Kier molecular flexibility index (Phi) is 4.01. The summed E-state index contributed by atoms with van der Waals surface area (Å²) in [4.78, 5) is 12.3. The molecule has 0 aliphatic heterocycles. The Hall–Kier alpha value is -2.08. The lowest BCUT2D eigenvalue weighted by molar-refractivity contribution is -0.116. The summed E-state index contributed by atoms with van der Waals surface area (Å²) in [7, 11) is 1.57. The first-order valence-electron chi connectivity index (χ1n) is 5.73. The van der Waals surface area contributed by atoms with Gasteiger partial charge in [-0.25, -0.2) is 0 Å². The Bertz CT molecular complexity index is 645. The SMILES string of the molecule is COc1ccc(C)cc1NC(=O)Cn1ccsc1=N. The number of nitrogens with zero attached hydrogens (tertiary/aromatic N) is 1. The minimum absolute atomic E-state index is 0.124. The van der Waals surface area contributed by atoms with Crippen molar-refractivity contribution in [3.05, 3.63) is 40.1 Å². The van der Waals surface area contributed by atoms with Gasteiger partial charge in [-0.2, -0.15) is 0 Å². The van der Waals surface area contributed by atoms with E-state index in [2.05, 4.69) is 5.32 Å². The Morgan fingerprint density at radius 1 is 1.53 bits per heavy atom. The van der Waals surface area contributed by atoms with Crippen molar-refractivity contribution in [3.63, 3.8) is 0 Å². The maximum Gasteiger partial charge on any atom is 0.244 e. The van der Waals surface area contributed by atoms with Gasteiger partial charge < -0.3 is 14.6 Å². The lowest BCUT2D eigenvalue weighted by Gasteiger charge is -2.11. The Morgan fingerprint density at radius 3 is 2.95 bits per heavy atom.